The zero-order chi connectivity index (χ0) is 15.4. The van der Waals surface area contributed by atoms with Crippen molar-refractivity contribution in [2.45, 2.75) is 25.8 Å². The summed E-state index contributed by atoms with van der Waals surface area (Å²) in [5.74, 6) is 0.600. The highest BCUT2D eigenvalue weighted by Gasteiger charge is 2.30. The first-order chi connectivity index (χ1) is 10.1. The summed E-state index contributed by atoms with van der Waals surface area (Å²) in [4.78, 5) is 22.5. The maximum Gasteiger partial charge on any atom is 0.264 e. The quantitative estimate of drug-likeness (QED) is 0.878. The molecular formula is C14H22N4O3. The highest BCUT2D eigenvalue weighted by atomic mass is 16.5. The van der Waals surface area contributed by atoms with Crippen LogP contribution in [0.3, 0.4) is 0 Å². The number of methoxy groups -OCH3 is 2. The van der Waals surface area contributed by atoms with Gasteiger partial charge < -0.3 is 20.1 Å². The molecule has 2 N–H and O–H groups in total. The molecule has 2 heterocycles. The molecule has 21 heavy (non-hydrogen) atoms. The normalized spacial score (nSPS) is 20.0. The van der Waals surface area contributed by atoms with Crippen LogP contribution in [-0.4, -0.2) is 54.1 Å². The van der Waals surface area contributed by atoms with Crippen molar-refractivity contribution in [1.82, 2.24) is 14.9 Å². The number of carbonyl (C=O) groups is 1. The second-order valence-corrected chi connectivity index (χ2v) is 5.28. The maximum atomic E-state index is 12.8. The summed E-state index contributed by atoms with van der Waals surface area (Å²) < 4.78 is 10.3. The topological polar surface area (TPSA) is 90.6 Å². The van der Waals surface area contributed by atoms with E-state index in [2.05, 4.69) is 9.97 Å². The largest absolute Gasteiger partial charge is 0.480 e. The lowest BCUT2D eigenvalue weighted by Crippen LogP contribution is -2.45. The van der Waals surface area contributed by atoms with Crippen LogP contribution in [0.1, 0.15) is 30.1 Å². The van der Waals surface area contributed by atoms with Crippen LogP contribution < -0.4 is 15.2 Å². The van der Waals surface area contributed by atoms with Crippen molar-refractivity contribution in [3.8, 4) is 11.8 Å². The molecule has 0 spiro atoms. The van der Waals surface area contributed by atoms with E-state index in [9.17, 15) is 4.79 Å². The molecule has 1 aliphatic heterocycles. The van der Waals surface area contributed by atoms with Gasteiger partial charge in [0.1, 0.15) is 6.33 Å². The second kappa shape index (κ2) is 6.71. The van der Waals surface area contributed by atoms with Gasteiger partial charge in [0.05, 0.1) is 14.2 Å². The minimum absolute atomic E-state index is 0.0661. The van der Waals surface area contributed by atoms with Crippen LogP contribution in [-0.2, 0) is 0 Å². The molecule has 0 aromatic carbocycles. The molecule has 0 saturated carbocycles. The summed E-state index contributed by atoms with van der Waals surface area (Å²) >= 11 is 0. The second-order valence-electron chi connectivity index (χ2n) is 5.28. The van der Waals surface area contributed by atoms with Crippen molar-refractivity contribution in [2.24, 2.45) is 11.7 Å². The average Bonchev–Trinajstić information content (AvgIpc) is 2.53. The van der Waals surface area contributed by atoms with Crippen LogP contribution in [0.15, 0.2) is 6.33 Å². The summed E-state index contributed by atoms with van der Waals surface area (Å²) in [5, 5.41) is 0. The third-order valence-electron chi connectivity index (χ3n) is 3.87. The van der Waals surface area contributed by atoms with Crippen molar-refractivity contribution < 1.29 is 14.3 Å². The summed E-state index contributed by atoms with van der Waals surface area (Å²) in [6.45, 7) is 3.31. The summed E-state index contributed by atoms with van der Waals surface area (Å²) in [6, 6.07) is 0.0661. The van der Waals surface area contributed by atoms with Crippen molar-refractivity contribution in [1.29, 1.82) is 0 Å². The molecule has 0 bridgehead atoms. The van der Waals surface area contributed by atoms with Gasteiger partial charge in [-0.2, -0.15) is 0 Å². The Balaban J connectivity index is 2.27. The fourth-order valence-corrected chi connectivity index (χ4v) is 2.63. The van der Waals surface area contributed by atoms with Gasteiger partial charge in [0.15, 0.2) is 5.56 Å². The number of nitrogens with zero attached hydrogens (tertiary/aromatic N) is 3. The molecule has 0 aliphatic carbocycles. The monoisotopic (exact) mass is 294 g/mol. The van der Waals surface area contributed by atoms with E-state index >= 15 is 0 Å². The molecule has 7 heteroatoms. The van der Waals surface area contributed by atoms with Crippen LogP contribution >= 0.6 is 0 Å². The van der Waals surface area contributed by atoms with Crippen molar-refractivity contribution in [2.75, 3.05) is 27.3 Å². The summed E-state index contributed by atoms with van der Waals surface area (Å²) in [6.07, 6.45) is 3.30. The molecular weight excluding hydrogens is 272 g/mol. The minimum Gasteiger partial charge on any atom is -0.480 e. The number of amides is 1. The number of hydrogen-bond acceptors (Lipinski definition) is 6. The van der Waals surface area contributed by atoms with Crippen LogP contribution in [0, 0.1) is 5.92 Å². The molecule has 0 radical (unpaired) electrons. The Hall–Kier alpha value is -1.89. The molecule has 7 nitrogen and oxygen atoms in total. The molecule has 116 valence electrons. The molecule has 1 aliphatic rings. The Morgan fingerprint density at radius 1 is 1.38 bits per heavy atom. The van der Waals surface area contributed by atoms with Gasteiger partial charge in [-0.15, -0.1) is 0 Å². The molecule has 1 fully saturated rings. The zero-order valence-electron chi connectivity index (χ0n) is 12.7. The molecule has 2 unspecified atom stereocenters. The van der Waals surface area contributed by atoms with Crippen molar-refractivity contribution >= 4 is 5.91 Å². The Morgan fingerprint density at radius 2 is 2.00 bits per heavy atom. The molecule has 2 rings (SSSR count). The summed E-state index contributed by atoms with van der Waals surface area (Å²) in [5.41, 5.74) is 6.24. The first-order valence-corrected chi connectivity index (χ1v) is 7.06. The van der Waals surface area contributed by atoms with Crippen molar-refractivity contribution in [3.63, 3.8) is 0 Å². The lowest BCUT2D eigenvalue weighted by Gasteiger charge is -2.34. The van der Waals surface area contributed by atoms with Gasteiger partial charge >= 0.3 is 0 Å². The van der Waals surface area contributed by atoms with E-state index in [0.29, 0.717) is 19.0 Å². The number of rotatable bonds is 4. The minimum atomic E-state index is -0.172. The Morgan fingerprint density at radius 3 is 2.52 bits per heavy atom. The zero-order valence-corrected chi connectivity index (χ0v) is 12.7. The smallest absolute Gasteiger partial charge is 0.264 e. The Bertz CT molecular complexity index is 485. The molecule has 2 atom stereocenters. The van der Waals surface area contributed by atoms with E-state index in [-0.39, 0.29) is 29.3 Å². The van der Waals surface area contributed by atoms with Gasteiger partial charge in [-0.1, -0.05) is 0 Å². The SMILES string of the molecule is COc1ncnc(OC)c1C(=O)N1CCCC(C(C)N)C1. The first kappa shape index (κ1) is 15.5. The predicted molar refractivity (Wildman–Crippen MR) is 77.4 cm³/mol. The third kappa shape index (κ3) is 3.24. The predicted octanol–water partition coefficient (Wildman–Crippen LogP) is 0.693. The number of carbonyl (C=O) groups excluding carboxylic acids is 1. The molecule has 1 aromatic rings. The van der Waals surface area contributed by atoms with Gasteiger partial charge in [0, 0.05) is 19.1 Å². The lowest BCUT2D eigenvalue weighted by molar-refractivity contribution is 0.0652. The van der Waals surface area contributed by atoms with Gasteiger partial charge in [0.25, 0.3) is 5.91 Å². The highest BCUT2D eigenvalue weighted by Crippen LogP contribution is 2.28. The molecule has 1 aromatic heterocycles. The number of ether oxygens (including phenoxy) is 2. The van der Waals surface area contributed by atoms with E-state index in [1.807, 2.05) is 6.92 Å². The van der Waals surface area contributed by atoms with Crippen LogP contribution in [0.4, 0.5) is 0 Å². The third-order valence-corrected chi connectivity index (χ3v) is 3.87. The van der Waals surface area contributed by atoms with E-state index in [1.165, 1.54) is 20.5 Å². The van der Waals surface area contributed by atoms with Crippen LogP contribution in [0.2, 0.25) is 0 Å². The van der Waals surface area contributed by atoms with Gasteiger partial charge in [-0.3, -0.25) is 4.79 Å². The number of likely N-dealkylation sites (tertiary alicyclic amines) is 1. The molecule has 1 saturated heterocycles. The van der Waals surface area contributed by atoms with E-state index in [0.717, 1.165) is 12.8 Å². The fraction of sp³-hybridized carbons (Fsp3) is 0.643. The number of hydrogen-bond donors (Lipinski definition) is 1. The van der Waals surface area contributed by atoms with Gasteiger partial charge in [0.2, 0.25) is 11.8 Å². The van der Waals surface area contributed by atoms with Crippen molar-refractivity contribution in [3.05, 3.63) is 11.9 Å². The van der Waals surface area contributed by atoms with E-state index in [1.54, 1.807) is 4.90 Å². The van der Waals surface area contributed by atoms with Gasteiger partial charge in [-0.05, 0) is 25.7 Å². The Kier molecular flexibility index (Phi) is 4.95. The standard InChI is InChI=1S/C14H22N4O3/c1-9(15)10-5-4-6-18(7-10)14(19)11-12(20-2)16-8-17-13(11)21-3/h8-10H,4-7,15H2,1-3H3. The van der Waals surface area contributed by atoms with Gasteiger partial charge in [-0.25, -0.2) is 9.97 Å². The lowest BCUT2D eigenvalue weighted by atomic mass is 9.92. The Labute approximate surface area is 124 Å². The van der Waals surface area contributed by atoms with E-state index in [4.69, 9.17) is 15.2 Å². The fourth-order valence-electron chi connectivity index (χ4n) is 2.63. The summed E-state index contributed by atoms with van der Waals surface area (Å²) in [7, 11) is 2.94. The highest BCUT2D eigenvalue weighted by molar-refractivity contribution is 5.98. The maximum absolute atomic E-state index is 12.8. The number of aromatic nitrogens is 2. The number of nitrogens with two attached hydrogens (primary N) is 1. The van der Waals surface area contributed by atoms with Crippen LogP contribution in [0.25, 0.3) is 0 Å². The average molecular weight is 294 g/mol. The first-order valence-electron chi connectivity index (χ1n) is 7.06. The van der Waals surface area contributed by atoms with Crippen LogP contribution in [0.5, 0.6) is 11.8 Å². The molecule has 1 amide bonds. The number of piperidine rings is 1. The van der Waals surface area contributed by atoms with E-state index < -0.39 is 0 Å².